The highest BCUT2D eigenvalue weighted by Gasteiger charge is 2.22. The fraction of sp³-hybridized carbons (Fsp3) is 0.267. The molecule has 98 valence electrons. The van der Waals surface area contributed by atoms with E-state index in [-0.39, 0.29) is 5.56 Å². The Labute approximate surface area is 111 Å². The Kier molecular flexibility index (Phi) is 2.78. The van der Waals surface area contributed by atoms with Crippen LogP contribution < -0.4 is 16.6 Å². The van der Waals surface area contributed by atoms with E-state index in [4.69, 9.17) is 5.73 Å². The van der Waals surface area contributed by atoms with Crippen molar-refractivity contribution in [2.24, 2.45) is 7.05 Å². The largest absolute Gasteiger partial charge is 0.399 e. The first-order valence-electron chi connectivity index (χ1n) is 6.45. The van der Waals surface area contributed by atoms with Gasteiger partial charge in [-0.3, -0.25) is 4.79 Å². The minimum absolute atomic E-state index is 0.00476. The number of pyridine rings is 1. The third kappa shape index (κ3) is 2.21. The topological polar surface area (TPSA) is 60.1 Å². The van der Waals surface area contributed by atoms with E-state index in [0.29, 0.717) is 6.04 Å². The number of aromatic nitrogens is 1. The molecule has 0 saturated heterocycles. The monoisotopic (exact) mass is 255 g/mol. The van der Waals surface area contributed by atoms with E-state index in [1.54, 1.807) is 17.7 Å². The molecule has 0 bridgehead atoms. The van der Waals surface area contributed by atoms with Crippen molar-refractivity contribution in [1.29, 1.82) is 0 Å². The highest BCUT2D eigenvalue weighted by atomic mass is 16.1. The molecule has 1 unspecified atom stereocenters. The van der Waals surface area contributed by atoms with Crippen LogP contribution in [0, 0.1) is 0 Å². The number of anilines is 2. The summed E-state index contributed by atoms with van der Waals surface area (Å²) in [6.45, 7) is 0. The zero-order valence-electron chi connectivity index (χ0n) is 10.9. The molecule has 0 fully saturated rings. The van der Waals surface area contributed by atoms with Gasteiger partial charge in [0.15, 0.2) is 0 Å². The van der Waals surface area contributed by atoms with Crippen molar-refractivity contribution in [3.63, 3.8) is 0 Å². The highest BCUT2D eigenvalue weighted by Crippen LogP contribution is 2.34. The number of nitrogens with zero attached hydrogens (tertiary/aromatic N) is 1. The van der Waals surface area contributed by atoms with E-state index in [1.165, 1.54) is 11.1 Å². The maximum Gasteiger partial charge on any atom is 0.250 e. The van der Waals surface area contributed by atoms with Gasteiger partial charge in [-0.05, 0) is 42.2 Å². The van der Waals surface area contributed by atoms with E-state index in [2.05, 4.69) is 17.4 Å². The van der Waals surface area contributed by atoms with Gasteiger partial charge in [0.1, 0.15) is 0 Å². The summed E-state index contributed by atoms with van der Waals surface area (Å²) >= 11 is 0. The number of fused-ring (bicyclic) bond motifs is 1. The Morgan fingerprint density at radius 3 is 2.95 bits per heavy atom. The summed E-state index contributed by atoms with van der Waals surface area (Å²) in [6, 6.07) is 9.81. The van der Waals surface area contributed by atoms with Crippen LogP contribution in [0.15, 0.2) is 41.3 Å². The molecule has 0 saturated carbocycles. The van der Waals surface area contributed by atoms with Gasteiger partial charge in [-0.25, -0.2) is 0 Å². The molecule has 1 aromatic heterocycles. The third-order valence-corrected chi connectivity index (χ3v) is 3.67. The summed E-state index contributed by atoms with van der Waals surface area (Å²) in [5, 5.41) is 3.48. The first-order valence-corrected chi connectivity index (χ1v) is 6.45. The third-order valence-electron chi connectivity index (χ3n) is 3.67. The molecule has 19 heavy (non-hydrogen) atoms. The molecule has 1 atom stereocenters. The molecule has 1 aromatic carbocycles. The molecule has 1 heterocycles. The fourth-order valence-corrected chi connectivity index (χ4v) is 2.67. The van der Waals surface area contributed by atoms with Crippen LogP contribution in [0.25, 0.3) is 0 Å². The fourth-order valence-electron chi connectivity index (χ4n) is 2.67. The van der Waals surface area contributed by atoms with Crippen LogP contribution in [0.5, 0.6) is 0 Å². The first kappa shape index (κ1) is 11.8. The van der Waals surface area contributed by atoms with Crippen LogP contribution in [-0.2, 0) is 13.5 Å². The van der Waals surface area contributed by atoms with Crippen LogP contribution in [0.4, 0.5) is 11.4 Å². The van der Waals surface area contributed by atoms with Gasteiger partial charge in [-0.2, -0.15) is 0 Å². The Balaban J connectivity index is 1.86. The molecule has 0 amide bonds. The molecular weight excluding hydrogens is 238 g/mol. The van der Waals surface area contributed by atoms with E-state index in [1.807, 2.05) is 18.3 Å². The summed E-state index contributed by atoms with van der Waals surface area (Å²) in [6.07, 6.45) is 3.93. The van der Waals surface area contributed by atoms with Gasteiger partial charge in [-0.1, -0.05) is 6.07 Å². The predicted molar refractivity (Wildman–Crippen MR) is 77.2 cm³/mol. The molecule has 1 aliphatic rings. The molecule has 0 spiro atoms. The smallest absolute Gasteiger partial charge is 0.250 e. The molecule has 4 heteroatoms. The van der Waals surface area contributed by atoms with Crippen molar-refractivity contribution in [2.75, 3.05) is 11.1 Å². The van der Waals surface area contributed by atoms with Crippen molar-refractivity contribution in [2.45, 2.75) is 18.9 Å². The summed E-state index contributed by atoms with van der Waals surface area (Å²) in [5.74, 6) is 0. The summed E-state index contributed by atoms with van der Waals surface area (Å²) < 4.78 is 1.58. The van der Waals surface area contributed by atoms with E-state index < -0.39 is 0 Å². The van der Waals surface area contributed by atoms with Crippen LogP contribution in [0.2, 0.25) is 0 Å². The minimum atomic E-state index is 0.00476. The van der Waals surface area contributed by atoms with Gasteiger partial charge >= 0.3 is 0 Å². The second-order valence-electron chi connectivity index (χ2n) is 5.06. The number of hydrogen-bond acceptors (Lipinski definition) is 3. The number of rotatable bonds is 2. The van der Waals surface area contributed by atoms with Crippen LogP contribution in [0.3, 0.4) is 0 Å². The number of benzene rings is 1. The lowest BCUT2D eigenvalue weighted by Crippen LogP contribution is -2.16. The average Bonchev–Trinajstić information content (AvgIpc) is 2.76. The van der Waals surface area contributed by atoms with Crippen molar-refractivity contribution < 1.29 is 0 Å². The number of nitrogens with one attached hydrogen (secondary N) is 1. The molecule has 2 aromatic rings. The van der Waals surface area contributed by atoms with E-state index in [9.17, 15) is 4.79 Å². The van der Waals surface area contributed by atoms with E-state index >= 15 is 0 Å². The van der Waals surface area contributed by atoms with Crippen molar-refractivity contribution in [3.05, 3.63) is 58.0 Å². The molecular formula is C15H17N3O. The van der Waals surface area contributed by atoms with Gasteiger partial charge in [-0.15, -0.1) is 0 Å². The first-order chi connectivity index (χ1) is 9.13. The average molecular weight is 255 g/mol. The van der Waals surface area contributed by atoms with Gasteiger partial charge in [0.25, 0.3) is 0 Å². The lowest BCUT2D eigenvalue weighted by atomic mass is 10.1. The number of aryl methyl sites for hydroxylation is 2. The Morgan fingerprint density at radius 2 is 2.16 bits per heavy atom. The zero-order valence-corrected chi connectivity index (χ0v) is 10.9. The molecule has 4 nitrogen and oxygen atoms in total. The van der Waals surface area contributed by atoms with E-state index in [0.717, 1.165) is 24.2 Å². The zero-order chi connectivity index (χ0) is 13.4. The van der Waals surface area contributed by atoms with Gasteiger partial charge < -0.3 is 15.6 Å². The maximum absolute atomic E-state index is 11.4. The SMILES string of the molecule is Cn1cc(NC2CCc3cc(N)ccc32)ccc1=O. The summed E-state index contributed by atoms with van der Waals surface area (Å²) in [4.78, 5) is 11.4. The van der Waals surface area contributed by atoms with Crippen LogP contribution >= 0.6 is 0 Å². The Morgan fingerprint density at radius 1 is 1.32 bits per heavy atom. The molecule has 0 aliphatic heterocycles. The Bertz CT molecular complexity index is 675. The van der Waals surface area contributed by atoms with Crippen molar-refractivity contribution in [1.82, 2.24) is 4.57 Å². The molecule has 3 rings (SSSR count). The van der Waals surface area contributed by atoms with Crippen LogP contribution in [-0.4, -0.2) is 4.57 Å². The van der Waals surface area contributed by atoms with Gasteiger partial charge in [0, 0.05) is 25.0 Å². The quantitative estimate of drug-likeness (QED) is 0.808. The second-order valence-corrected chi connectivity index (χ2v) is 5.06. The Hall–Kier alpha value is -2.23. The summed E-state index contributed by atoms with van der Waals surface area (Å²) in [5.41, 5.74) is 10.2. The summed E-state index contributed by atoms with van der Waals surface area (Å²) in [7, 11) is 1.76. The van der Waals surface area contributed by atoms with Crippen molar-refractivity contribution in [3.8, 4) is 0 Å². The predicted octanol–water partition coefficient (Wildman–Crippen LogP) is 2.07. The number of nitrogens with two attached hydrogens (primary N) is 1. The van der Waals surface area contributed by atoms with Crippen LogP contribution in [0.1, 0.15) is 23.6 Å². The van der Waals surface area contributed by atoms with Crippen molar-refractivity contribution >= 4 is 11.4 Å². The second kappa shape index (κ2) is 4.46. The maximum atomic E-state index is 11.4. The number of nitrogen functional groups attached to an aromatic ring is 1. The standard InChI is InChI=1S/C15H17N3O/c1-18-9-12(4-7-15(18)19)17-14-6-2-10-8-11(16)3-5-13(10)14/h3-5,7-9,14,17H,2,6,16H2,1H3. The number of hydrogen-bond donors (Lipinski definition) is 2. The lowest BCUT2D eigenvalue weighted by molar-refractivity contribution is 0.756. The normalized spacial score (nSPS) is 17.2. The van der Waals surface area contributed by atoms with Gasteiger partial charge in [0.05, 0.1) is 11.7 Å². The van der Waals surface area contributed by atoms with Gasteiger partial charge in [0.2, 0.25) is 5.56 Å². The highest BCUT2D eigenvalue weighted by molar-refractivity contribution is 5.51. The molecule has 0 radical (unpaired) electrons. The molecule has 3 N–H and O–H groups in total. The molecule has 1 aliphatic carbocycles. The minimum Gasteiger partial charge on any atom is -0.399 e. The lowest BCUT2D eigenvalue weighted by Gasteiger charge is -2.16.